The van der Waals surface area contributed by atoms with Gasteiger partial charge in [0.1, 0.15) is 0 Å². The van der Waals surface area contributed by atoms with Gasteiger partial charge >= 0.3 is 0 Å². The average Bonchev–Trinajstić information content (AvgIpc) is 2.78. The van der Waals surface area contributed by atoms with Crippen molar-refractivity contribution in [2.24, 2.45) is 5.92 Å². The molecule has 4 heteroatoms. The molecule has 2 rings (SSSR count). The first kappa shape index (κ1) is 11.0. The molecule has 1 saturated heterocycles. The maximum Gasteiger partial charge on any atom is 0.251 e. The summed E-state index contributed by atoms with van der Waals surface area (Å²) >= 11 is 0. The summed E-state index contributed by atoms with van der Waals surface area (Å²) in [5, 5.41) is 2.89. The van der Waals surface area contributed by atoms with Gasteiger partial charge in [-0.25, -0.2) is 0 Å². The lowest BCUT2D eigenvalue weighted by Gasteiger charge is -2.09. The van der Waals surface area contributed by atoms with Crippen molar-refractivity contribution >= 4 is 11.6 Å². The van der Waals surface area contributed by atoms with Crippen LogP contribution in [-0.4, -0.2) is 25.7 Å². The molecule has 0 spiro atoms. The Morgan fingerprint density at radius 2 is 2.44 bits per heavy atom. The number of rotatable bonds is 3. The van der Waals surface area contributed by atoms with Gasteiger partial charge in [-0.05, 0) is 24.6 Å². The number of nitrogen functional groups attached to an aromatic ring is 1. The van der Waals surface area contributed by atoms with Crippen LogP contribution in [0.25, 0.3) is 0 Å². The number of amides is 1. The van der Waals surface area contributed by atoms with E-state index in [1.54, 1.807) is 24.3 Å². The van der Waals surface area contributed by atoms with Crippen LogP contribution in [0.15, 0.2) is 24.3 Å². The van der Waals surface area contributed by atoms with Crippen LogP contribution in [0.3, 0.4) is 0 Å². The number of hydrogen-bond acceptors (Lipinski definition) is 3. The van der Waals surface area contributed by atoms with Crippen molar-refractivity contribution in [2.45, 2.75) is 6.42 Å². The predicted octanol–water partition coefficient (Wildman–Crippen LogP) is 1.04. The highest BCUT2D eigenvalue weighted by atomic mass is 16.5. The Bertz CT molecular complexity index is 373. The van der Waals surface area contributed by atoms with Crippen molar-refractivity contribution < 1.29 is 9.53 Å². The first-order valence-electron chi connectivity index (χ1n) is 5.47. The smallest absolute Gasteiger partial charge is 0.251 e. The second-order valence-corrected chi connectivity index (χ2v) is 4.07. The summed E-state index contributed by atoms with van der Waals surface area (Å²) in [5.74, 6) is 0.379. The van der Waals surface area contributed by atoms with Gasteiger partial charge in [0, 0.05) is 30.3 Å². The highest BCUT2D eigenvalue weighted by molar-refractivity contribution is 5.94. The zero-order valence-electron chi connectivity index (χ0n) is 9.11. The molecule has 1 unspecified atom stereocenters. The number of hydrogen-bond donors (Lipinski definition) is 2. The van der Waals surface area contributed by atoms with Crippen molar-refractivity contribution in [3.63, 3.8) is 0 Å². The van der Waals surface area contributed by atoms with Gasteiger partial charge in [-0.2, -0.15) is 0 Å². The first-order chi connectivity index (χ1) is 7.75. The van der Waals surface area contributed by atoms with Gasteiger partial charge in [0.05, 0.1) is 6.61 Å². The largest absolute Gasteiger partial charge is 0.399 e. The summed E-state index contributed by atoms with van der Waals surface area (Å²) in [7, 11) is 0. The van der Waals surface area contributed by atoms with Crippen LogP contribution in [0.2, 0.25) is 0 Å². The van der Waals surface area contributed by atoms with E-state index < -0.39 is 0 Å². The molecule has 1 heterocycles. The first-order valence-corrected chi connectivity index (χ1v) is 5.47. The summed E-state index contributed by atoms with van der Waals surface area (Å²) in [4.78, 5) is 11.7. The fourth-order valence-electron chi connectivity index (χ4n) is 1.76. The van der Waals surface area contributed by atoms with E-state index in [1.807, 2.05) is 0 Å². The number of anilines is 1. The van der Waals surface area contributed by atoms with Gasteiger partial charge < -0.3 is 15.8 Å². The van der Waals surface area contributed by atoms with Crippen LogP contribution in [-0.2, 0) is 4.74 Å². The Labute approximate surface area is 94.8 Å². The molecule has 1 aliphatic heterocycles. The molecular weight excluding hydrogens is 204 g/mol. The Hall–Kier alpha value is -1.55. The lowest BCUT2D eigenvalue weighted by Crippen LogP contribution is -2.29. The van der Waals surface area contributed by atoms with Crippen LogP contribution >= 0.6 is 0 Å². The van der Waals surface area contributed by atoms with Crippen molar-refractivity contribution in [3.8, 4) is 0 Å². The van der Waals surface area contributed by atoms with Crippen LogP contribution in [0.1, 0.15) is 16.8 Å². The van der Waals surface area contributed by atoms with Crippen LogP contribution < -0.4 is 11.1 Å². The normalized spacial score (nSPS) is 19.6. The maximum atomic E-state index is 11.7. The van der Waals surface area contributed by atoms with E-state index in [0.29, 0.717) is 23.7 Å². The minimum Gasteiger partial charge on any atom is -0.399 e. The standard InChI is InChI=1S/C12H16N2O2/c13-11-3-1-2-10(6-11)12(15)14-7-9-4-5-16-8-9/h1-3,6,9H,4-5,7-8,13H2,(H,14,15). The number of ether oxygens (including phenoxy) is 1. The third-order valence-corrected chi connectivity index (χ3v) is 2.72. The summed E-state index contributed by atoms with van der Waals surface area (Å²) < 4.78 is 5.24. The molecule has 1 amide bonds. The Balaban J connectivity index is 1.87. The Morgan fingerprint density at radius 3 is 3.12 bits per heavy atom. The number of carbonyl (C=O) groups is 1. The van der Waals surface area contributed by atoms with E-state index in [2.05, 4.69) is 5.32 Å². The van der Waals surface area contributed by atoms with Crippen molar-refractivity contribution in [1.29, 1.82) is 0 Å². The molecule has 1 aromatic carbocycles. The third-order valence-electron chi connectivity index (χ3n) is 2.72. The number of benzene rings is 1. The minimum absolute atomic E-state index is 0.0702. The Morgan fingerprint density at radius 1 is 1.56 bits per heavy atom. The summed E-state index contributed by atoms with van der Waals surface area (Å²) in [5.41, 5.74) is 6.83. The minimum atomic E-state index is -0.0702. The molecule has 16 heavy (non-hydrogen) atoms. The highest BCUT2D eigenvalue weighted by Gasteiger charge is 2.16. The zero-order valence-corrected chi connectivity index (χ0v) is 9.11. The van der Waals surface area contributed by atoms with E-state index in [-0.39, 0.29) is 5.91 Å². The molecular formula is C12H16N2O2. The number of carbonyl (C=O) groups excluding carboxylic acids is 1. The summed E-state index contributed by atoms with van der Waals surface area (Å²) in [6.45, 7) is 2.23. The molecule has 1 fully saturated rings. The molecule has 1 aromatic rings. The third kappa shape index (κ3) is 2.73. The summed E-state index contributed by atoms with van der Waals surface area (Å²) in [6.07, 6.45) is 1.03. The molecule has 86 valence electrons. The second kappa shape index (κ2) is 4.99. The molecule has 1 atom stereocenters. The van der Waals surface area contributed by atoms with Gasteiger partial charge in [0.2, 0.25) is 0 Å². The van der Waals surface area contributed by atoms with Crippen molar-refractivity contribution in [3.05, 3.63) is 29.8 Å². The molecule has 4 nitrogen and oxygen atoms in total. The highest BCUT2D eigenvalue weighted by Crippen LogP contribution is 2.11. The van der Waals surface area contributed by atoms with Crippen molar-refractivity contribution in [1.82, 2.24) is 5.32 Å². The number of nitrogens with two attached hydrogens (primary N) is 1. The maximum absolute atomic E-state index is 11.7. The van der Waals surface area contributed by atoms with Crippen LogP contribution in [0, 0.1) is 5.92 Å². The summed E-state index contributed by atoms with van der Waals surface area (Å²) in [6, 6.07) is 6.99. The van der Waals surface area contributed by atoms with E-state index in [0.717, 1.165) is 19.6 Å². The Kier molecular flexibility index (Phi) is 3.41. The molecule has 0 radical (unpaired) electrons. The monoisotopic (exact) mass is 220 g/mol. The fraction of sp³-hybridized carbons (Fsp3) is 0.417. The lowest BCUT2D eigenvalue weighted by atomic mass is 10.1. The lowest BCUT2D eigenvalue weighted by molar-refractivity contribution is 0.0945. The van der Waals surface area contributed by atoms with Gasteiger partial charge in [0.15, 0.2) is 0 Å². The molecule has 0 saturated carbocycles. The van der Waals surface area contributed by atoms with Gasteiger partial charge in [-0.1, -0.05) is 6.07 Å². The number of nitrogens with one attached hydrogen (secondary N) is 1. The average molecular weight is 220 g/mol. The van der Waals surface area contributed by atoms with Crippen molar-refractivity contribution in [2.75, 3.05) is 25.5 Å². The second-order valence-electron chi connectivity index (χ2n) is 4.07. The van der Waals surface area contributed by atoms with Gasteiger partial charge in [-0.15, -0.1) is 0 Å². The molecule has 0 aliphatic carbocycles. The van der Waals surface area contributed by atoms with Gasteiger partial charge in [-0.3, -0.25) is 4.79 Å². The SMILES string of the molecule is Nc1cccc(C(=O)NCC2CCOC2)c1. The van der Waals surface area contributed by atoms with Gasteiger partial charge in [0.25, 0.3) is 5.91 Å². The fourth-order valence-corrected chi connectivity index (χ4v) is 1.76. The van der Waals surface area contributed by atoms with E-state index in [1.165, 1.54) is 0 Å². The molecule has 1 aliphatic rings. The zero-order chi connectivity index (χ0) is 11.4. The molecule has 0 aromatic heterocycles. The van der Waals surface area contributed by atoms with Crippen LogP contribution in [0.4, 0.5) is 5.69 Å². The molecule has 3 N–H and O–H groups in total. The van der Waals surface area contributed by atoms with E-state index in [9.17, 15) is 4.79 Å². The topological polar surface area (TPSA) is 64.4 Å². The van der Waals surface area contributed by atoms with Crippen LogP contribution in [0.5, 0.6) is 0 Å². The van der Waals surface area contributed by atoms with E-state index in [4.69, 9.17) is 10.5 Å². The quantitative estimate of drug-likeness (QED) is 0.748. The molecule has 0 bridgehead atoms. The van der Waals surface area contributed by atoms with E-state index >= 15 is 0 Å². The predicted molar refractivity (Wildman–Crippen MR) is 62.1 cm³/mol.